The second-order valence-electron chi connectivity index (χ2n) is 5.18. The first kappa shape index (κ1) is 12.7. The Labute approximate surface area is 114 Å². The van der Waals surface area contributed by atoms with Crippen molar-refractivity contribution in [3.05, 3.63) is 28.5 Å². The van der Waals surface area contributed by atoms with E-state index >= 15 is 0 Å². The fourth-order valence-corrected chi connectivity index (χ4v) is 3.16. The van der Waals surface area contributed by atoms with Gasteiger partial charge in [0, 0.05) is 6.61 Å². The molecule has 1 aromatic carbocycles. The second kappa shape index (κ2) is 4.38. The van der Waals surface area contributed by atoms with Gasteiger partial charge in [0.2, 0.25) is 0 Å². The Kier molecular flexibility index (Phi) is 2.94. The molecular weight excluding hydrogens is 270 g/mol. The summed E-state index contributed by atoms with van der Waals surface area (Å²) < 4.78 is 35.1. The molecule has 19 heavy (non-hydrogen) atoms. The number of fused-ring (bicyclic) bond motifs is 1. The molecule has 0 amide bonds. The average molecular weight is 284 g/mol. The molecule has 6 heteroatoms. The zero-order valence-electron chi connectivity index (χ0n) is 10.5. The van der Waals surface area contributed by atoms with Gasteiger partial charge in [-0.3, -0.25) is 0 Å². The minimum absolute atomic E-state index is 0.193. The van der Waals surface area contributed by atoms with Crippen LogP contribution in [0.2, 0.25) is 0 Å². The lowest BCUT2D eigenvalue weighted by Crippen LogP contribution is -2.39. The highest BCUT2D eigenvalue weighted by Gasteiger charge is 2.33. The second-order valence-corrected chi connectivity index (χ2v) is 5.56. The van der Waals surface area contributed by atoms with Gasteiger partial charge in [-0.1, -0.05) is 0 Å². The first-order chi connectivity index (χ1) is 9.03. The van der Waals surface area contributed by atoms with Crippen molar-refractivity contribution in [2.24, 2.45) is 0 Å². The standard InChI is InChI=1S/C13H14F2N2OS/c1-13(5-2-6-18-7-13)17-11-9(16-12(17)19)4-3-8(14)10(11)15/h3-4H,2,5-7H2,1H3,(H,16,19). The largest absolute Gasteiger partial charge is 0.379 e. The predicted molar refractivity (Wildman–Crippen MR) is 70.7 cm³/mol. The van der Waals surface area contributed by atoms with Gasteiger partial charge in [0.1, 0.15) is 5.52 Å². The van der Waals surface area contributed by atoms with Gasteiger partial charge in [0.05, 0.1) is 17.7 Å². The van der Waals surface area contributed by atoms with Crippen LogP contribution in [-0.4, -0.2) is 22.8 Å². The first-order valence-electron chi connectivity index (χ1n) is 6.20. The number of nitrogens with zero attached hydrogens (tertiary/aromatic N) is 1. The Morgan fingerprint density at radius 2 is 2.21 bits per heavy atom. The molecule has 0 bridgehead atoms. The van der Waals surface area contributed by atoms with E-state index in [9.17, 15) is 8.78 Å². The van der Waals surface area contributed by atoms with Gasteiger partial charge in [0.15, 0.2) is 16.4 Å². The number of imidazole rings is 1. The van der Waals surface area contributed by atoms with Crippen molar-refractivity contribution < 1.29 is 13.5 Å². The number of hydrogen-bond acceptors (Lipinski definition) is 2. The third-order valence-corrected chi connectivity index (χ3v) is 3.98. The molecule has 0 spiro atoms. The Bertz CT molecular complexity index is 686. The number of benzene rings is 1. The summed E-state index contributed by atoms with van der Waals surface area (Å²) in [7, 11) is 0. The number of halogens is 2. The number of ether oxygens (including phenoxy) is 1. The monoisotopic (exact) mass is 284 g/mol. The SMILES string of the molecule is CC1(n2c(=S)[nH]c3ccc(F)c(F)c32)CCCOC1. The number of aromatic nitrogens is 2. The minimum Gasteiger partial charge on any atom is -0.379 e. The van der Waals surface area contributed by atoms with Crippen LogP contribution in [0.25, 0.3) is 11.0 Å². The van der Waals surface area contributed by atoms with E-state index in [0.717, 1.165) is 18.9 Å². The quantitative estimate of drug-likeness (QED) is 0.812. The summed E-state index contributed by atoms with van der Waals surface area (Å²) in [6, 6.07) is 2.61. The van der Waals surface area contributed by atoms with E-state index in [1.807, 2.05) is 6.92 Å². The Morgan fingerprint density at radius 1 is 1.42 bits per heavy atom. The molecule has 3 rings (SSSR count). The van der Waals surface area contributed by atoms with Crippen molar-refractivity contribution in [2.75, 3.05) is 13.2 Å². The molecule has 2 heterocycles. The van der Waals surface area contributed by atoms with Crippen molar-refractivity contribution in [2.45, 2.75) is 25.3 Å². The summed E-state index contributed by atoms with van der Waals surface area (Å²) in [5.74, 6) is -1.73. The number of H-pyrrole nitrogens is 1. The summed E-state index contributed by atoms with van der Waals surface area (Å²) in [6.45, 7) is 3.10. The molecule has 1 atom stereocenters. The van der Waals surface area contributed by atoms with E-state index < -0.39 is 17.2 Å². The minimum atomic E-state index is -0.865. The lowest BCUT2D eigenvalue weighted by atomic mass is 9.94. The van der Waals surface area contributed by atoms with E-state index in [4.69, 9.17) is 17.0 Å². The summed E-state index contributed by atoms with van der Waals surface area (Å²) in [6.07, 6.45) is 1.70. The van der Waals surface area contributed by atoms with E-state index in [0.29, 0.717) is 23.5 Å². The third-order valence-electron chi connectivity index (χ3n) is 3.69. The fourth-order valence-electron chi connectivity index (χ4n) is 2.74. The first-order valence-corrected chi connectivity index (χ1v) is 6.61. The van der Waals surface area contributed by atoms with E-state index in [2.05, 4.69) is 4.98 Å². The highest BCUT2D eigenvalue weighted by Crippen LogP contribution is 2.32. The fraction of sp³-hybridized carbons (Fsp3) is 0.462. The van der Waals surface area contributed by atoms with E-state index in [1.165, 1.54) is 6.07 Å². The molecule has 1 aliphatic rings. The van der Waals surface area contributed by atoms with Crippen molar-refractivity contribution >= 4 is 23.3 Å². The van der Waals surface area contributed by atoms with Crippen molar-refractivity contribution in [3.8, 4) is 0 Å². The Hall–Kier alpha value is -1.27. The van der Waals surface area contributed by atoms with Gasteiger partial charge in [-0.25, -0.2) is 8.78 Å². The van der Waals surface area contributed by atoms with Crippen molar-refractivity contribution in [1.29, 1.82) is 0 Å². The van der Waals surface area contributed by atoms with Crippen molar-refractivity contribution in [3.63, 3.8) is 0 Å². The van der Waals surface area contributed by atoms with E-state index in [-0.39, 0.29) is 5.52 Å². The topological polar surface area (TPSA) is 29.9 Å². The van der Waals surface area contributed by atoms with E-state index in [1.54, 1.807) is 4.57 Å². The molecule has 102 valence electrons. The molecule has 1 N–H and O–H groups in total. The molecule has 0 saturated carbocycles. The van der Waals surface area contributed by atoms with Gasteiger partial charge in [0.25, 0.3) is 0 Å². The lowest BCUT2D eigenvalue weighted by Gasteiger charge is -2.35. The highest BCUT2D eigenvalue weighted by molar-refractivity contribution is 7.71. The number of hydrogen-bond donors (Lipinski definition) is 1. The van der Waals surface area contributed by atoms with Crippen LogP contribution in [0.3, 0.4) is 0 Å². The predicted octanol–water partition coefficient (Wildman–Crippen LogP) is 3.50. The number of nitrogens with one attached hydrogen (secondary N) is 1. The van der Waals surface area contributed by atoms with Gasteiger partial charge in [-0.2, -0.15) is 0 Å². The Morgan fingerprint density at radius 3 is 2.89 bits per heavy atom. The van der Waals surface area contributed by atoms with Crippen LogP contribution < -0.4 is 0 Å². The summed E-state index contributed by atoms with van der Waals surface area (Å²) in [4.78, 5) is 2.93. The Balaban J connectivity index is 2.31. The van der Waals surface area contributed by atoms with Crippen LogP contribution >= 0.6 is 12.2 Å². The molecule has 1 aliphatic heterocycles. The maximum absolute atomic E-state index is 14.1. The zero-order valence-corrected chi connectivity index (χ0v) is 11.3. The molecule has 0 aliphatic carbocycles. The molecule has 1 aromatic heterocycles. The zero-order chi connectivity index (χ0) is 13.6. The maximum atomic E-state index is 14.1. The van der Waals surface area contributed by atoms with Gasteiger partial charge < -0.3 is 14.3 Å². The molecule has 2 aromatic rings. The van der Waals surface area contributed by atoms with Crippen molar-refractivity contribution in [1.82, 2.24) is 9.55 Å². The van der Waals surface area contributed by atoms with Crippen LogP contribution in [0.5, 0.6) is 0 Å². The number of rotatable bonds is 1. The molecular formula is C13H14F2N2OS. The highest BCUT2D eigenvalue weighted by atomic mass is 32.1. The smallest absolute Gasteiger partial charge is 0.184 e. The van der Waals surface area contributed by atoms with Crippen LogP contribution in [-0.2, 0) is 10.3 Å². The molecule has 3 nitrogen and oxygen atoms in total. The van der Waals surface area contributed by atoms with Crippen LogP contribution in [0, 0.1) is 16.4 Å². The molecule has 0 radical (unpaired) electrons. The molecule has 1 fully saturated rings. The third kappa shape index (κ3) is 1.90. The summed E-state index contributed by atoms with van der Waals surface area (Å²) in [5, 5.41) is 0. The maximum Gasteiger partial charge on any atom is 0.184 e. The summed E-state index contributed by atoms with van der Waals surface area (Å²) >= 11 is 5.27. The normalized spacial score (nSPS) is 23.9. The average Bonchev–Trinajstić information content (AvgIpc) is 2.73. The summed E-state index contributed by atoms with van der Waals surface area (Å²) in [5.41, 5.74) is 0.260. The van der Waals surface area contributed by atoms with Crippen LogP contribution in [0.4, 0.5) is 8.78 Å². The number of aromatic amines is 1. The van der Waals surface area contributed by atoms with Gasteiger partial charge in [-0.15, -0.1) is 0 Å². The molecule has 1 unspecified atom stereocenters. The molecule has 1 saturated heterocycles. The lowest BCUT2D eigenvalue weighted by molar-refractivity contribution is 0.0106. The van der Waals surface area contributed by atoms with Gasteiger partial charge in [-0.05, 0) is 44.1 Å². The van der Waals surface area contributed by atoms with Crippen LogP contribution in [0.1, 0.15) is 19.8 Å². The van der Waals surface area contributed by atoms with Crippen LogP contribution in [0.15, 0.2) is 12.1 Å². The van der Waals surface area contributed by atoms with Gasteiger partial charge >= 0.3 is 0 Å².